The van der Waals surface area contributed by atoms with Crippen molar-refractivity contribution in [3.8, 4) is 11.8 Å². The average Bonchev–Trinajstić information content (AvgIpc) is 3.29. The molecular weight excluding hydrogens is 567 g/mol. The molecule has 0 radical (unpaired) electrons. The van der Waals surface area contributed by atoms with Crippen molar-refractivity contribution >= 4 is 33.4 Å². The lowest BCUT2D eigenvalue weighted by molar-refractivity contribution is -0.128. The topological polar surface area (TPSA) is 142 Å². The van der Waals surface area contributed by atoms with Gasteiger partial charge in [0.15, 0.2) is 0 Å². The second kappa shape index (κ2) is 13.3. The number of aromatic nitrogens is 2. The summed E-state index contributed by atoms with van der Waals surface area (Å²) in [5.74, 6) is -2.05. The molecule has 13 heteroatoms. The molecule has 0 saturated carbocycles. The summed E-state index contributed by atoms with van der Waals surface area (Å²) in [4.78, 5) is 54.3. The first-order chi connectivity index (χ1) is 19.8. The fourth-order valence-corrected chi connectivity index (χ4v) is 5.73. The van der Waals surface area contributed by atoms with Crippen molar-refractivity contribution in [1.29, 1.82) is 5.26 Å². The van der Waals surface area contributed by atoms with E-state index in [1.165, 1.54) is 43.7 Å². The second-order valence-electron chi connectivity index (χ2n) is 10.1. The molecule has 226 valence electrons. The maximum Gasteiger partial charge on any atom is 0.348 e. The third kappa shape index (κ3) is 6.24. The summed E-state index contributed by atoms with van der Waals surface area (Å²) in [6.07, 6.45) is -1.03. The first-order valence-electron chi connectivity index (χ1n) is 13.4. The molecule has 2 aromatic heterocycles. The summed E-state index contributed by atoms with van der Waals surface area (Å²) in [7, 11) is 1.40. The van der Waals surface area contributed by atoms with Crippen molar-refractivity contribution in [2.75, 3.05) is 26.9 Å². The number of hydrogen-bond donors (Lipinski definition) is 1. The monoisotopic (exact) mass is 602 g/mol. The highest BCUT2D eigenvalue weighted by Crippen LogP contribution is 2.34. The van der Waals surface area contributed by atoms with E-state index in [0.717, 1.165) is 15.9 Å². The van der Waals surface area contributed by atoms with Gasteiger partial charge in [-0.15, -0.1) is 11.3 Å². The summed E-state index contributed by atoms with van der Waals surface area (Å²) < 4.78 is 33.2. The van der Waals surface area contributed by atoms with E-state index in [-0.39, 0.29) is 52.7 Å². The average molecular weight is 603 g/mol. The molecule has 3 aromatic rings. The predicted molar refractivity (Wildman–Crippen MR) is 155 cm³/mol. The Morgan fingerprint density at radius 1 is 1.24 bits per heavy atom. The van der Waals surface area contributed by atoms with Gasteiger partial charge in [0.25, 0.3) is 5.56 Å². The Hall–Kier alpha value is -4.02. The van der Waals surface area contributed by atoms with Crippen molar-refractivity contribution in [3.63, 3.8) is 0 Å². The number of aryl methyl sites for hydroxylation is 1. The quantitative estimate of drug-likeness (QED) is 0.310. The van der Waals surface area contributed by atoms with Crippen LogP contribution in [0.5, 0.6) is 5.75 Å². The predicted octanol–water partition coefficient (Wildman–Crippen LogP) is 3.65. The fraction of sp³-hybridized carbons (Fsp3) is 0.483. The van der Waals surface area contributed by atoms with Crippen LogP contribution < -0.4 is 21.3 Å². The number of thiophene rings is 1. The number of hydrogen-bond acceptors (Lipinski definition) is 9. The highest BCUT2D eigenvalue weighted by molar-refractivity contribution is 7.20. The molecule has 3 rings (SSSR count). The number of nitrogens with zero attached hydrogens (tertiary/aromatic N) is 3. The molecule has 0 bridgehead atoms. The number of nitriles is 1. The van der Waals surface area contributed by atoms with Crippen LogP contribution in [0.4, 0.5) is 4.39 Å². The number of nitrogens with one attached hydrogen (secondary N) is 1. The number of ether oxygens (including phenoxy) is 3. The molecule has 0 spiro atoms. The van der Waals surface area contributed by atoms with Crippen LogP contribution >= 0.6 is 11.3 Å². The SMILES string of the molecule is CCNC(=O)C(C)(C)n1c(=O)c2c(C)c(C(=O)OCC)sc2n(C[C@H](OC[C@H](C)C#N)c2cc(F)ccc2OC)c1=O. The van der Waals surface area contributed by atoms with Gasteiger partial charge >= 0.3 is 11.7 Å². The largest absolute Gasteiger partial charge is 0.496 e. The minimum atomic E-state index is -1.62. The van der Waals surface area contributed by atoms with Crippen molar-refractivity contribution in [2.24, 2.45) is 5.92 Å². The van der Waals surface area contributed by atoms with Crippen LogP contribution in [0, 0.1) is 30.0 Å². The summed E-state index contributed by atoms with van der Waals surface area (Å²) in [5, 5.41) is 12.1. The van der Waals surface area contributed by atoms with Gasteiger partial charge in [-0.05, 0) is 65.3 Å². The van der Waals surface area contributed by atoms with Crippen molar-refractivity contribution in [2.45, 2.75) is 59.7 Å². The van der Waals surface area contributed by atoms with Crippen molar-refractivity contribution in [1.82, 2.24) is 14.5 Å². The molecule has 0 unspecified atom stereocenters. The summed E-state index contributed by atoms with van der Waals surface area (Å²) in [6.45, 7) is 9.52. The van der Waals surface area contributed by atoms with Crippen LogP contribution in [0.15, 0.2) is 27.8 Å². The van der Waals surface area contributed by atoms with Crippen molar-refractivity contribution < 1.29 is 28.2 Å². The number of carbonyl (C=O) groups excluding carboxylic acids is 2. The minimum absolute atomic E-state index is 0.0552. The highest BCUT2D eigenvalue weighted by atomic mass is 32.1. The van der Waals surface area contributed by atoms with E-state index in [1.54, 1.807) is 27.7 Å². The number of fused-ring (bicyclic) bond motifs is 1. The lowest BCUT2D eigenvalue weighted by atomic mass is 10.0. The summed E-state index contributed by atoms with van der Waals surface area (Å²) >= 11 is 0.905. The molecule has 2 heterocycles. The van der Waals surface area contributed by atoms with Gasteiger partial charge in [-0.3, -0.25) is 14.2 Å². The number of benzene rings is 1. The van der Waals surface area contributed by atoms with Gasteiger partial charge in [-0.25, -0.2) is 18.5 Å². The zero-order valence-electron chi connectivity index (χ0n) is 24.7. The molecule has 0 fully saturated rings. The third-order valence-corrected chi connectivity index (χ3v) is 8.07. The maximum atomic E-state index is 14.5. The molecular formula is C29H35FN4O7S. The fourth-order valence-electron chi connectivity index (χ4n) is 4.53. The number of methoxy groups -OCH3 is 1. The number of esters is 1. The molecule has 0 saturated heterocycles. The Bertz CT molecular complexity index is 1650. The minimum Gasteiger partial charge on any atom is -0.496 e. The Kier molecular flexibility index (Phi) is 10.3. The van der Waals surface area contributed by atoms with Crippen molar-refractivity contribution in [3.05, 3.63) is 60.9 Å². The van der Waals surface area contributed by atoms with E-state index in [9.17, 15) is 28.8 Å². The van der Waals surface area contributed by atoms with Crippen LogP contribution in [0.2, 0.25) is 0 Å². The Morgan fingerprint density at radius 3 is 2.52 bits per heavy atom. The normalized spacial score (nSPS) is 12.9. The van der Waals surface area contributed by atoms with Crippen LogP contribution in [0.3, 0.4) is 0 Å². The van der Waals surface area contributed by atoms with Gasteiger partial charge in [0, 0.05) is 12.1 Å². The third-order valence-electron chi connectivity index (χ3n) is 6.78. The van der Waals surface area contributed by atoms with E-state index in [0.29, 0.717) is 5.56 Å². The molecule has 42 heavy (non-hydrogen) atoms. The van der Waals surface area contributed by atoms with Crippen LogP contribution in [0.25, 0.3) is 10.2 Å². The van der Waals surface area contributed by atoms with Gasteiger partial charge in [0.1, 0.15) is 32.9 Å². The van der Waals surface area contributed by atoms with Crippen LogP contribution in [0.1, 0.15) is 61.5 Å². The van der Waals surface area contributed by atoms with Gasteiger partial charge in [0.2, 0.25) is 5.91 Å². The Morgan fingerprint density at radius 2 is 1.93 bits per heavy atom. The molecule has 11 nitrogen and oxygen atoms in total. The number of likely N-dealkylation sites (N-methyl/N-ethyl adjacent to an activating group) is 1. The summed E-state index contributed by atoms with van der Waals surface area (Å²) in [6, 6.07) is 5.91. The zero-order valence-corrected chi connectivity index (χ0v) is 25.5. The molecule has 1 amide bonds. The molecule has 0 aliphatic rings. The summed E-state index contributed by atoms with van der Waals surface area (Å²) in [5.41, 5.74) is -2.64. The van der Waals surface area contributed by atoms with Gasteiger partial charge in [-0.1, -0.05) is 0 Å². The molecule has 2 atom stereocenters. The van der Waals surface area contributed by atoms with Gasteiger partial charge in [-0.2, -0.15) is 5.26 Å². The standard InChI is InChI=1S/C29H35FN4O7S/c1-8-32-27(37)29(5,6)34-24(35)22-17(4)23(26(36)40-9-2)42-25(22)33(28(34)38)14-21(41-15-16(3)13-31)19-12-18(30)10-11-20(19)39-7/h10-12,16,21H,8-9,14-15H2,1-7H3,(H,32,37)/t16-,21+/m1/s1. The molecule has 0 aliphatic carbocycles. The number of carbonyl (C=O) groups is 2. The smallest absolute Gasteiger partial charge is 0.348 e. The number of halogens is 1. The van der Waals surface area contributed by atoms with E-state index >= 15 is 0 Å². The van der Waals surface area contributed by atoms with Crippen LogP contribution in [-0.2, 0) is 26.4 Å². The highest BCUT2D eigenvalue weighted by Gasteiger charge is 2.36. The number of rotatable bonds is 12. The van der Waals surface area contributed by atoms with E-state index < -0.39 is 46.5 Å². The van der Waals surface area contributed by atoms with E-state index in [1.807, 2.05) is 0 Å². The van der Waals surface area contributed by atoms with Gasteiger partial charge in [0.05, 0.1) is 44.2 Å². The first-order valence-corrected chi connectivity index (χ1v) is 14.2. The Balaban J connectivity index is 2.40. The Labute approximate surface area is 246 Å². The molecule has 0 aliphatic heterocycles. The lowest BCUT2D eigenvalue weighted by Crippen LogP contribution is -2.55. The van der Waals surface area contributed by atoms with E-state index in [2.05, 4.69) is 11.4 Å². The first kappa shape index (κ1) is 32.5. The van der Waals surface area contributed by atoms with E-state index in [4.69, 9.17) is 14.2 Å². The maximum absolute atomic E-state index is 14.5. The molecule has 1 aromatic carbocycles. The zero-order chi connectivity index (χ0) is 31.4. The lowest BCUT2D eigenvalue weighted by Gasteiger charge is -2.28. The molecule has 1 N–H and O–H groups in total. The number of amides is 1. The van der Waals surface area contributed by atoms with Crippen LogP contribution in [-0.4, -0.2) is 47.9 Å². The second-order valence-corrected chi connectivity index (χ2v) is 11.1. The van der Waals surface area contributed by atoms with Gasteiger partial charge < -0.3 is 19.5 Å².